The fourth-order valence-electron chi connectivity index (χ4n) is 3.84. The lowest BCUT2D eigenvalue weighted by Crippen LogP contribution is -2.18. The first-order valence-corrected chi connectivity index (χ1v) is 20.8. The predicted molar refractivity (Wildman–Crippen MR) is 172 cm³/mol. The van der Waals surface area contributed by atoms with Crippen molar-refractivity contribution in [3.63, 3.8) is 0 Å². The first kappa shape index (κ1) is 33.4. The van der Waals surface area contributed by atoms with Crippen LogP contribution in [0.4, 0.5) is 28.9 Å². The van der Waals surface area contributed by atoms with Gasteiger partial charge in [-0.25, -0.2) is 14.4 Å². The molecule has 3 heterocycles. The van der Waals surface area contributed by atoms with Gasteiger partial charge in [-0.1, -0.05) is 62.7 Å². The second kappa shape index (κ2) is 12.5. The number of halogens is 5. The van der Waals surface area contributed by atoms with Gasteiger partial charge in [0.15, 0.2) is 5.82 Å². The molecule has 0 unspecified atom stereocenters. The summed E-state index contributed by atoms with van der Waals surface area (Å²) < 4.78 is 57.2. The van der Waals surface area contributed by atoms with Gasteiger partial charge in [-0.15, -0.1) is 15.9 Å². The van der Waals surface area contributed by atoms with Crippen molar-refractivity contribution >= 4 is 45.0 Å². The van der Waals surface area contributed by atoms with Gasteiger partial charge in [-0.3, -0.25) is 4.79 Å². The van der Waals surface area contributed by atoms with Gasteiger partial charge in [0.1, 0.15) is 33.2 Å². The Morgan fingerprint density at radius 1 is 0.956 bits per heavy atom. The first-order chi connectivity index (χ1) is 20.8. The normalized spacial score (nSPS) is 11.7. The highest BCUT2D eigenvalue weighted by molar-refractivity contribution is 6.84. The number of amides is 1. The van der Waals surface area contributed by atoms with E-state index in [1.54, 1.807) is 0 Å². The molecule has 8 nitrogen and oxygen atoms in total. The van der Waals surface area contributed by atoms with E-state index >= 15 is 4.39 Å². The molecule has 3 N–H and O–H groups in total. The number of benzene rings is 1. The maximum absolute atomic E-state index is 15.8. The topological polar surface area (TPSA) is 112 Å². The molecule has 0 aliphatic heterocycles. The number of nitrogens with one attached hydrogen (secondary N) is 1. The third-order valence-electron chi connectivity index (χ3n) is 5.85. The van der Waals surface area contributed by atoms with Crippen molar-refractivity contribution < 1.29 is 22.4 Å². The molecular formula is C30H28ClF4N7OSi2. The Balaban J connectivity index is 1.77. The largest absolute Gasteiger partial charge is 0.420 e. The Kier molecular flexibility index (Phi) is 9.26. The van der Waals surface area contributed by atoms with Crippen LogP contribution in [-0.2, 0) is 6.18 Å². The summed E-state index contributed by atoms with van der Waals surface area (Å²) in [5.41, 5.74) is 12.0. The van der Waals surface area contributed by atoms with Crippen LogP contribution in [-0.4, -0.2) is 47.0 Å². The predicted octanol–water partition coefficient (Wildman–Crippen LogP) is 6.83. The summed E-state index contributed by atoms with van der Waals surface area (Å²) in [5, 5.41) is 9.49. The maximum atomic E-state index is 15.8. The number of rotatable bonds is 4. The molecule has 45 heavy (non-hydrogen) atoms. The lowest BCUT2D eigenvalue weighted by Gasteiger charge is -2.15. The Bertz CT molecular complexity index is 1910. The van der Waals surface area contributed by atoms with Crippen LogP contribution in [0.25, 0.3) is 16.9 Å². The van der Waals surface area contributed by atoms with Crippen molar-refractivity contribution in [2.24, 2.45) is 0 Å². The number of hydrogen-bond donors (Lipinski definition) is 2. The highest BCUT2D eigenvalue weighted by atomic mass is 35.5. The summed E-state index contributed by atoms with van der Waals surface area (Å²) in [7, 11) is -3.67. The summed E-state index contributed by atoms with van der Waals surface area (Å²) in [6.07, 6.45) is 0.0197. The number of aromatic nitrogens is 5. The van der Waals surface area contributed by atoms with E-state index in [9.17, 15) is 18.0 Å². The van der Waals surface area contributed by atoms with Gasteiger partial charge in [-0.05, 0) is 18.2 Å². The smallest absolute Gasteiger partial charge is 0.396 e. The van der Waals surface area contributed by atoms with Crippen LogP contribution in [0, 0.1) is 28.7 Å². The lowest BCUT2D eigenvalue weighted by atomic mass is 9.96. The van der Waals surface area contributed by atoms with E-state index in [0.717, 1.165) is 12.3 Å². The zero-order valence-electron chi connectivity index (χ0n) is 25.2. The molecule has 232 valence electrons. The van der Waals surface area contributed by atoms with E-state index in [4.69, 9.17) is 17.3 Å². The average molecular weight is 670 g/mol. The van der Waals surface area contributed by atoms with Gasteiger partial charge in [-0.2, -0.15) is 23.4 Å². The van der Waals surface area contributed by atoms with Gasteiger partial charge >= 0.3 is 6.18 Å². The number of pyridine rings is 2. The van der Waals surface area contributed by atoms with Crippen molar-refractivity contribution in [3.05, 3.63) is 76.2 Å². The summed E-state index contributed by atoms with van der Waals surface area (Å²) in [6.45, 7) is 12.3. The summed E-state index contributed by atoms with van der Waals surface area (Å²) in [6, 6.07) is 2.78. The molecule has 15 heteroatoms. The summed E-state index contributed by atoms with van der Waals surface area (Å²) in [5.74, 6) is 3.66. The number of nitrogen functional groups attached to an aromatic ring is 1. The Labute approximate surface area is 264 Å². The molecule has 0 aliphatic rings. The maximum Gasteiger partial charge on any atom is 0.420 e. The monoisotopic (exact) mass is 669 g/mol. The van der Waals surface area contributed by atoms with E-state index in [1.807, 2.05) is 19.6 Å². The average Bonchev–Trinajstić information content (AvgIpc) is 3.46. The SMILES string of the molecule is C[Si](C)(C)C#Cc1cnc(C#C[Si](C)(C)C)c(N)c1-c1cc(Cl)c(C(=O)Nc2cnc(-n3nccn3)c(C(F)(F)F)c2)cc1F. The molecule has 1 aromatic carbocycles. The minimum absolute atomic E-state index is 0.0375. The van der Waals surface area contributed by atoms with Gasteiger partial charge in [0.2, 0.25) is 0 Å². The third kappa shape index (κ3) is 8.16. The van der Waals surface area contributed by atoms with Crippen molar-refractivity contribution in [3.8, 4) is 39.9 Å². The number of anilines is 2. The van der Waals surface area contributed by atoms with Gasteiger partial charge in [0, 0.05) is 17.3 Å². The van der Waals surface area contributed by atoms with Crippen molar-refractivity contribution in [1.29, 1.82) is 0 Å². The van der Waals surface area contributed by atoms with E-state index in [-0.39, 0.29) is 38.8 Å². The number of carbonyl (C=O) groups is 1. The number of alkyl halides is 3. The van der Waals surface area contributed by atoms with Crippen LogP contribution in [0.3, 0.4) is 0 Å². The van der Waals surface area contributed by atoms with Gasteiger partial charge < -0.3 is 11.1 Å². The Morgan fingerprint density at radius 3 is 2.18 bits per heavy atom. The Morgan fingerprint density at radius 2 is 1.58 bits per heavy atom. The molecule has 0 bridgehead atoms. The fraction of sp³-hybridized carbons (Fsp3) is 0.233. The molecule has 0 atom stereocenters. The molecular weight excluding hydrogens is 642 g/mol. The highest BCUT2D eigenvalue weighted by Gasteiger charge is 2.36. The van der Waals surface area contributed by atoms with Crippen LogP contribution in [0.5, 0.6) is 0 Å². The second-order valence-corrected chi connectivity index (χ2v) is 21.9. The minimum Gasteiger partial charge on any atom is -0.396 e. The van der Waals surface area contributed by atoms with Gasteiger partial charge in [0.05, 0.1) is 46.1 Å². The molecule has 3 aromatic heterocycles. The van der Waals surface area contributed by atoms with Crippen molar-refractivity contribution in [1.82, 2.24) is 25.0 Å². The van der Waals surface area contributed by atoms with E-state index in [0.29, 0.717) is 16.4 Å². The molecule has 0 aliphatic carbocycles. The molecule has 0 spiro atoms. The highest BCUT2D eigenvalue weighted by Crippen LogP contribution is 2.37. The fourth-order valence-corrected chi connectivity index (χ4v) is 5.10. The number of nitrogens with two attached hydrogens (primary N) is 1. The Hall–Kier alpha value is -4.51. The number of nitrogens with zero attached hydrogens (tertiary/aromatic N) is 5. The first-order valence-electron chi connectivity index (χ1n) is 13.4. The van der Waals surface area contributed by atoms with E-state index in [2.05, 4.69) is 68.1 Å². The van der Waals surface area contributed by atoms with Crippen LogP contribution in [0.2, 0.25) is 44.3 Å². The van der Waals surface area contributed by atoms with Crippen LogP contribution in [0.1, 0.15) is 27.2 Å². The van der Waals surface area contributed by atoms with Gasteiger partial charge in [0.25, 0.3) is 5.91 Å². The van der Waals surface area contributed by atoms with E-state index in [1.165, 1.54) is 24.7 Å². The molecule has 4 rings (SSSR count). The molecule has 1 amide bonds. The van der Waals surface area contributed by atoms with Crippen LogP contribution < -0.4 is 11.1 Å². The third-order valence-corrected chi connectivity index (χ3v) is 7.92. The summed E-state index contributed by atoms with van der Waals surface area (Å²) >= 11 is 6.47. The quantitative estimate of drug-likeness (QED) is 0.140. The zero-order chi connectivity index (χ0) is 33.3. The van der Waals surface area contributed by atoms with Crippen molar-refractivity contribution in [2.45, 2.75) is 45.5 Å². The van der Waals surface area contributed by atoms with Crippen LogP contribution in [0.15, 0.2) is 43.0 Å². The molecule has 4 aromatic rings. The molecule has 0 saturated carbocycles. The van der Waals surface area contributed by atoms with Crippen molar-refractivity contribution in [2.75, 3.05) is 11.1 Å². The second-order valence-electron chi connectivity index (χ2n) is 12.0. The number of hydrogen-bond acceptors (Lipinski definition) is 6. The lowest BCUT2D eigenvalue weighted by molar-refractivity contribution is -0.137. The molecule has 0 radical (unpaired) electrons. The number of carbonyl (C=O) groups excluding carboxylic acids is 1. The molecule has 0 saturated heterocycles. The zero-order valence-corrected chi connectivity index (χ0v) is 27.9. The molecule has 0 fully saturated rings. The minimum atomic E-state index is -4.85. The van der Waals surface area contributed by atoms with Crippen LogP contribution >= 0.6 is 11.6 Å². The summed E-state index contributed by atoms with van der Waals surface area (Å²) in [4.78, 5) is 22.0. The van der Waals surface area contributed by atoms with E-state index < -0.39 is 45.4 Å². The standard InChI is InChI=1S/C30H28ClF4N7OSi2/c1-44(2,3)11-7-18-16-37-25(8-12-45(4,5)6)27(36)26(18)21-14-23(31)20(15-24(21)32)29(43)41-19-13-22(30(33,34)35)28(38-17-19)42-39-9-10-40-42/h9-10,13-17H,36H2,1-6H3,(H,41,43).